The molecular weight excluding hydrogens is 383 g/mol. The van der Waals surface area contributed by atoms with Gasteiger partial charge < -0.3 is 0 Å². The zero-order valence-electron chi connectivity index (χ0n) is 11.9. The molecule has 0 spiro atoms. The fraction of sp³-hybridized carbons (Fsp3) is 0.0625. The highest BCUT2D eigenvalue weighted by Crippen LogP contribution is 2.31. The average Bonchev–Trinajstić information content (AvgIpc) is 2.89. The summed E-state index contributed by atoms with van der Waals surface area (Å²) in [4.78, 5) is 8.76. The van der Waals surface area contributed by atoms with E-state index in [0.717, 1.165) is 9.86 Å². The predicted molar refractivity (Wildman–Crippen MR) is 91.9 cm³/mol. The highest BCUT2D eigenvalue weighted by molar-refractivity contribution is 9.10. The van der Waals surface area contributed by atoms with Gasteiger partial charge in [0, 0.05) is 40.2 Å². The van der Waals surface area contributed by atoms with Crippen molar-refractivity contribution < 1.29 is 4.39 Å². The Labute approximate surface area is 144 Å². The van der Waals surface area contributed by atoms with Crippen LogP contribution in [0.5, 0.6) is 0 Å². The molecule has 4 aromatic rings. The smallest absolute Gasteiger partial charge is 0.161 e. The van der Waals surface area contributed by atoms with Gasteiger partial charge in [-0.15, -0.1) is 0 Å². The van der Waals surface area contributed by atoms with Crippen LogP contribution in [0.25, 0.3) is 33.2 Å². The van der Waals surface area contributed by atoms with E-state index in [1.807, 2.05) is 12.1 Å². The molecular formula is C16H9BrClFN4. The molecule has 0 fully saturated rings. The number of benzene rings is 1. The van der Waals surface area contributed by atoms with Crippen LogP contribution in [-0.4, -0.2) is 19.7 Å². The van der Waals surface area contributed by atoms with Crippen LogP contribution in [-0.2, 0) is 7.05 Å². The Morgan fingerprint density at radius 3 is 2.87 bits per heavy atom. The van der Waals surface area contributed by atoms with Gasteiger partial charge in [-0.05, 0) is 40.2 Å². The van der Waals surface area contributed by atoms with Crippen molar-refractivity contribution in [2.45, 2.75) is 0 Å². The molecule has 0 bridgehead atoms. The third-order valence-corrected chi connectivity index (χ3v) is 4.30. The summed E-state index contributed by atoms with van der Waals surface area (Å²) in [5.41, 5.74) is 2.06. The standard InChI is InChI=1S/C16H9BrClFN4/c1-23-7-9-2-8(3-13(19)15(9)22-23)14-5-12(18)11-4-10(17)6-20-16(11)21-14/h2-7H,1H3. The summed E-state index contributed by atoms with van der Waals surface area (Å²) >= 11 is 9.70. The Morgan fingerprint density at radius 1 is 1.22 bits per heavy atom. The summed E-state index contributed by atoms with van der Waals surface area (Å²) in [7, 11) is 1.76. The molecule has 0 N–H and O–H groups in total. The average molecular weight is 392 g/mol. The van der Waals surface area contributed by atoms with Crippen LogP contribution < -0.4 is 0 Å². The van der Waals surface area contributed by atoms with Crippen molar-refractivity contribution in [3.63, 3.8) is 0 Å². The molecule has 4 rings (SSSR count). The van der Waals surface area contributed by atoms with Gasteiger partial charge in [-0.3, -0.25) is 4.68 Å². The first-order valence-corrected chi connectivity index (χ1v) is 7.93. The van der Waals surface area contributed by atoms with Crippen molar-refractivity contribution in [1.29, 1.82) is 0 Å². The maximum atomic E-state index is 14.3. The molecule has 1 aromatic carbocycles. The minimum absolute atomic E-state index is 0.338. The van der Waals surface area contributed by atoms with E-state index >= 15 is 0 Å². The van der Waals surface area contributed by atoms with Crippen molar-refractivity contribution in [3.05, 3.63) is 52.0 Å². The highest BCUT2D eigenvalue weighted by atomic mass is 79.9. The summed E-state index contributed by atoms with van der Waals surface area (Å²) in [5.74, 6) is -0.389. The van der Waals surface area contributed by atoms with Gasteiger partial charge in [0.1, 0.15) is 5.52 Å². The third kappa shape index (κ3) is 2.48. The Hall–Kier alpha value is -2.05. The first-order chi connectivity index (χ1) is 11.0. The molecule has 0 radical (unpaired) electrons. The predicted octanol–water partition coefficient (Wildman–Crippen LogP) is 4.74. The van der Waals surface area contributed by atoms with Crippen LogP contribution in [0.4, 0.5) is 4.39 Å². The van der Waals surface area contributed by atoms with Crippen molar-refractivity contribution in [1.82, 2.24) is 19.7 Å². The van der Waals surface area contributed by atoms with Crippen molar-refractivity contribution in [2.75, 3.05) is 0 Å². The molecule has 3 aromatic heterocycles. The molecule has 4 nitrogen and oxygen atoms in total. The lowest BCUT2D eigenvalue weighted by Gasteiger charge is -2.06. The van der Waals surface area contributed by atoms with E-state index in [1.165, 1.54) is 6.07 Å². The van der Waals surface area contributed by atoms with Crippen LogP contribution in [0, 0.1) is 5.82 Å². The van der Waals surface area contributed by atoms with E-state index in [0.29, 0.717) is 32.8 Å². The molecule has 114 valence electrons. The number of hydrogen-bond donors (Lipinski definition) is 0. The van der Waals surface area contributed by atoms with E-state index in [1.54, 1.807) is 30.2 Å². The number of nitrogens with zero attached hydrogens (tertiary/aromatic N) is 4. The highest BCUT2D eigenvalue weighted by Gasteiger charge is 2.12. The quantitative estimate of drug-likeness (QED) is 0.471. The molecule has 0 unspecified atom stereocenters. The third-order valence-electron chi connectivity index (χ3n) is 3.55. The van der Waals surface area contributed by atoms with Crippen LogP contribution in [0.1, 0.15) is 0 Å². The zero-order chi connectivity index (χ0) is 16.1. The Bertz CT molecular complexity index is 1080. The van der Waals surface area contributed by atoms with Gasteiger partial charge >= 0.3 is 0 Å². The summed E-state index contributed by atoms with van der Waals surface area (Å²) < 4.78 is 16.7. The maximum Gasteiger partial charge on any atom is 0.161 e. The Kier molecular flexibility index (Phi) is 3.32. The maximum absolute atomic E-state index is 14.3. The van der Waals surface area contributed by atoms with Gasteiger partial charge in [0.05, 0.1) is 10.7 Å². The zero-order valence-corrected chi connectivity index (χ0v) is 14.2. The Morgan fingerprint density at radius 2 is 2.04 bits per heavy atom. The second-order valence-electron chi connectivity index (χ2n) is 5.21. The monoisotopic (exact) mass is 390 g/mol. The van der Waals surface area contributed by atoms with E-state index in [2.05, 4.69) is 31.0 Å². The van der Waals surface area contributed by atoms with Crippen molar-refractivity contribution >= 4 is 49.5 Å². The summed E-state index contributed by atoms with van der Waals surface area (Å²) in [6.07, 6.45) is 3.42. The summed E-state index contributed by atoms with van der Waals surface area (Å²) in [6.45, 7) is 0. The summed E-state index contributed by atoms with van der Waals surface area (Å²) in [6, 6.07) is 6.83. The van der Waals surface area contributed by atoms with Gasteiger partial charge in [-0.25, -0.2) is 14.4 Å². The lowest BCUT2D eigenvalue weighted by Crippen LogP contribution is -1.91. The van der Waals surface area contributed by atoms with Gasteiger partial charge in [-0.2, -0.15) is 5.10 Å². The number of rotatable bonds is 1. The minimum atomic E-state index is -0.389. The molecule has 0 aliphatic carbocycles. The lowest BCUT2D eigenvalue weighted by atomic mass is 10.1. The molecule has 7 heteroatoms. The van der Waals surface area contributed by atoms with E-state index in [4.69, 9.17) is 11.6 Å². The second kappa shape index (κ2) is 5.25. The number of pyridine rings is 2. The van der Waals surface area contributed by atoms with Gasteiger partial charge in [0.2, 0.25) is 0 Å². The largest absolute Gasteiger partial charge is 0.274 e. The molecule has 0 saturated carbocycles. The number of fused-ring (bicyclic) bond motifs is 2. The van der Waals surface area contributed by atoms with E-state index in [9.17, 15) is 4.39 Å². The first-order valence-electron chi connectivity index (χ1n) is 6.76. The number of aryl methyl sites for hydroxylation is 1. The SMILES string of the molecule is Cn1cc2cc(-c3cc(Cl)c4cc(Br)cnc4n3)cc(F)c2n1. The van der Waals surface area contributed by atoms with Crippen LogP contribution >= 0.6 is 27.5 Å². The Balaban J connectivity index is 1.96. The molecule has 0 aliphatic rings. The van der Waals surface area contributed by atoms with Gasteiger partial charge in [0.25, 0.3) is 0 Å². The lowest BCUT2D eigenvalue weighted by molar-refractivity contribution is 0.633. The van der Waals surface area contributed by atoms with Crippen LogP contribution in [0.15, 0.2) is 41.1 Å². The first kappa shape index (κ1) is 14.5. The van der Waals surface area contributed by atoms with Crippen molar-refractivity contribution in [2.24, 2.45) is 7.05 Å². The molecule has 0 aliphatic heterocycles. The van der Waals surface area contributed by atoms with E-state index in [-0.39, 0.29) is 5.82 Å². The van der Waals surface area contributed by atoms with Gasteiger partial charge in [0.15, 0.2) is 11.5 Å². The number of hydrogen-bond acceptors (Lipinski definition) is 3. The van der Waals surface area contributed by atoms with Crippen LogP contribution in [0.2, 0.25) is 5.02 Å². The fourth-order valence-corrected chi connectivity index (χ4v) is 3.12. The summed E-state index contributed by atoms with van der Waals surface area (Å²) in [5, 5.41) is 6.08. The minimum Gasteiger partial charge on any atom is -0.274 e. The second-order valence-corrected chi connectivity index (χ2v) is 6.54. The normalized spacial score (nSPS) is 11.5. The number of halogens is 3. The molecule has 0 amide bonds. The molecule has 3 heterocycles. The molecule has 23 heavy (non-hydrogen) atoms. The van der Waals surface area contributed by atoms with Crippen LogP contribution in [0.3, 0.4) is 0 Å². The van der Waals surface area contributed by atoms with Crippen molar-refractivity contribution in [3.8, 4) is 11.3 Å². The van der Waals surface area contributed by atoms with Gasteiger partial charge in [-0.1, -0.05) is 11.6 Å². The fourth-order valence-electron chi connectivity index (χ4n) is 2.55. The topological polar surface area (TPSA) is 43.6 Å². The number of aromatic nitrogens is 4. The van der Waals surface area contributed by atoms with E-state index < -0.39 is 0 Å². The molecule has 0 saturated heterocycles. The molecule has 0 atom stereocenters.